The van der Waals surface area contributed by atoms with Crippen LogP contribution in [-0.4, -0.2) is 14.5 Å². The third-order valence-corrected chi connectivity index (χ3v) is 4.31. The van der Waals surface area contributed by atoms with Gasteiger partial charge in [-0.25, -0.2) is 9.97 Å². The van der Waals surface area contributed by atoms with Crippen molar-refractivity contribution < 1.29 is 0 Å². The highest BCUT2D eigenvalue weighted by molar-refractivity contribution is 5.92. The zero-order valence-electron chi connectivity index (χ0n) is 13.2. The van der Waals surface area contributed by atoms with Crippen LogP contribution in [0.2, 0.25) is 0 Å². The zero-order chi connectivity index (χ0) is 15.3. The molecule has 0 bridgehead atoms. The number of nitrogens with zero attached hydrogens (tertiary/aromatic N) is 3. The Labute approximate surface area is 124 Å². The lowest BCUT2D eigenvalue weighted by Gasteiger charge is -2.13. The van der Waals surface area contributed by atoms with Gasteiger partial charge in [0.25, 0.3) is 0 Å². The Hall–Kier alpha value is -2.36. The Kier molecular flexibility index (Phi) is 2.97. The van der Waals surface area contributed by atoms with Gasteiger partial charge in [-0.1, -0.05) is 12.1 Å². The van der Waals surface area contributed by atoms with Gasteiger partial charge in [0.15, 0.2) is 5.65 Å². The fourth-order valence-corrected chi connectivity index (χ4v) is 2.88. The van der Waals surface area contributed by atoms with Crippen molar-refractivity contribution in [2.45, 2.75) is 34.6 Å². The van der Waals surface area contributed by atoms with E-state index in [2.05, 4.69) is 60.4 Å². The molecule has 2 aromatic heterocycles. The second-order valence-corrected chi connectivity index (χ2v) is 5.62. The molecule has 0 radical (unpaired) electrons. The second-order valence-electron chi connectivity index (χ2n) is 5.62. The van der Waals surface area contributed by atoms with Crippen molar-refractivity contribution in [1.29, 1.82) is 0 Å². The summed E-state index contributed by atoms with van der Waals surface area (Å²) >= 11 is 0. The summed E-state index contributed by atoms with van der Waals surface area (Å²) in [6, 6.07) is 6.33. The molecule has 3 aromatic rings. The minimum absolute atomic E-state index is 0.558. The first-order chi connectivity index (χ1) is 9.91. The van der Waals surface area contributed by atoms with Crippen molar-refractivity contribution in [3.05, 3.63) is 46.4 Å². The predicted octanol–water partition coefficient (Wildman–Crippen LogP) is 3.54. The lowest BCUT2D eigenvalue weighted by molar-refractivity contribution is 0.983. The van der Waals surface area contributed by atoms with E-state index in [0.29, 0.717) is 11.6 Å². The number of aryl methyl sites for hydroxylation is 3. The van der Waals surface area contributed by atoms with Gasteiger partial charge in [-0.15, -0.1) is 0 Å². The molecule has 3 rings (SSSR count). The third-order valence-electron chi connectivity index (χ3n) is 4.31. The van der Waals surface area contributed by atoms with E-state index in [9.17, 15) is 0 Å². The number of hydrogen-bond donors (Lipinski definition) is 1. The quantitative estimate of drug-likeness (QED) is 0.741. The van der Waals surface area contributed by atoms with E-state index in [-0.39, 0.29) is 0 Å². The van der Waals surface area contributed by atoms with Gasteiger partial charge in [-0.05, 0) is 57.4 Å². The van der Waals surface area contributed by atoms with E-state index < -0.39 is 0 Å². The topological polar surface area (TPSA) is 56.7 Å². The maximum Gasteiger partial charge on any atom is 0.150 e. The van der Waals surface area contributed by atoms with Crippen LogP contribution in [0.1, 0.15) is 28.2 Å². The van der Waals surface area contributed by atoms with E-state index in [1.165, 1.54) is 11.1 Å². The SMILES string of the molecule is Cc1nc(N)c2c(C)c(C)n(-c3cccc(C)c3C)c2n1. The number of hydrogen-bond acceptors (Lipinski definition) is 3. The Morgan fingerprint density at radius 1 is 0.952 bits per heavy atom. The predicted molar refractivity (Wildman–Crippen MR) is 87.0 cm³/mol. The van der Waals surface area contributed by atoms with E-state index in [4.69, 9.17) is 5.73 Å². The summed E-state index contributed by atoms with van der Waals surface area (Å²) in [6.45, 7) is 10.3. The highest BCUT2D eigenvalue weighted by Crippen LogP contribution is 2.32. The smallest absolute Gasteiger partial charge is 0.150 e. The normalized spacial score (nSPS) is 11.3. The van der Waals surface area contributed by atoms with Crippen LogP contribution in [0.15, 0.2) is 18.2 Å². The maximum atomic E-state index is 6.12. The first kappa shape index (κ1) is 13.6. The van der Waals surface area contributed by atoms with Crippen molar-refractivity contribution in [3.63, 3.8) is 0 Å². The molecule has 0 saturated heterocycles. The second kappa shape index (κ2) is 4.58. The first-order valence-corrected chi connectivity index (χ1v) is 7.10. The van der Waals surface area contributed by atoms with Crippen LogP contribution < -0.4 is 5.73 Å². The molecule has 2 heterocycles. The molecule has 0 saturated carbocycles. The van der Waals surface area contributed by atoms with Crippen molar-refractivity contribution in [2.24, 2.45) is 0 Å². The standard InChI is InChI=1S/C17H20N4/c1-9-7-6-8-14(10(9)2)21-12(4)11(3)15-16(18)19-13(5)20-17(15)21/h6-8H,1-5H3,(H2,18,19,20). The molecule has 0 fully saturated rings. The molecule has 1 aromatic carbocycles. The fraction of sp³-hybridized carbons (Fsp3) is 0.294. The molecule has 4 nitrogen and oxygen atoms in total. The number of anilines is 1. The van der Waals surface area contributed by atoms with Gasteiger partial charge in [0.1, 0.15) is 11.6 Å². The number of aromatic nitrogens is 3. The molecule has 0 amide bonds. The average molecular weight is 280 g/mol. The van der Waals surface area contributed by atoms with Crippen molar-refractivity contribution in [1.82, 2.24) is 14.5 Å². The molecule has 0 spiro atoms. The minimum Gasteiger partial charge on any atom is -0.383 e. The van der Waals surface area contributed by atoms with Crippen LogP contribution in [0.25, 0.3) is 16.7 Å². The zero-order valence-corrected chi connectivity index (χ0v) is 13.2. The lowest BCUT2D eigenvalue weighted by atomic mass is 10.1. The molecule has 4 heteroatoms. The summed E-state index contributed by atoms with van der Waals surface area (Å²) in [5, 5.41) is 0.957. The molecular formula is C17H20N4. The number of nitrogen functional groups attached to an aromatic ring is 1. The van der Waals surface area contributed by atoms with Crippen LogP contribution >= 0.6 is 0 Å². The summed E-state index contributed by atoms with van der Waals surface area (Å²) in [4.78, 5) is 8.94. The monoisotopic (exact) mass is 280 g/mol. The van der Waals surface area contributed by atoms with Crippen LogP contribution in [0.4, 0.5) is 5.82 Å². The Morgan fingerprint density at radius 3 is 2.38 bits per heavy atom. The minimum atomic E-state index is 0.558. The molecular weight excluding hydrogens is 260 g/mol. The summed E-state index contributed by atoms with van der Waals surface area (Å²) in [5.74, 6) is 1.26. The van der Waals surface area contributed by atoms with Gasteiger partial charge < -0.3 is 5.73 Å². The van der Waals surface area contributed by atoms with Gasteiger partial charge in [0.05, 0.1) is 11.1 Å². The fourth-order valence-electron chi connectivity index (χ4n) is 2.88. The molecule has 0 aliphatic rings. The lowest BCUT2D eigenvalue weighted by Crippen LogP contribution is -2.03. The Morgan fingerprint density at radius 2 is 1.67 bits per heavy atom. The summed E-state index contributed by atoms with van der Waals surface area (Å²) in [6.07, 6.45) is 0. The van der Waals surface area contributed by atoms with Gasteiger partial charge in [0, 0.05) is 5.69 Å². The highest BCUT2D eigenvalue weighted by Gasteiger charge is 2.18. The number of rotatable bonds is 1. The molecule has 0 aliphatic carbocycles. The molecule has 2 N–H and O–H groups in total. The largest absolute Gasteiger partial charge is 0.383 e. The Balaban J connectivity index is 2.48. The van der Waals surface area contributed by atoms with Gasteiger partial charge in [-0.3, -0.25) is 4.57 Å². The van der Waals surface area contributed by atoms with E-state index >= 15 is 0 Å². The number of fused-ring (bicyclic) bond motifs is 1. The number of benzene rings is 1. The van der Waals surface area contributed by atoms with Crippen LogP contribution in [0.5, 0.6) is 0 Å². The van der Waals surface area contributed by atoms with Gasteiger partial charge in [-0.2, -0.15) is 0 Å². The molecule has 0 atom stereocenters. The summed E-state index contributed by atoms with van der Waals surface area (Å²) < 4.78 is 2.19. The summed E-state index contributed by atoms with van der Waals surface area (Å²) in [5.41, 5.74) is 13.0. The van der Waals surface area contributed by atoms with E-state index in [1.807, 2.05) is 6.92 Å². The summed E-state index contributed by atoms with van der Waals surface area (Å²) in [7, 11) is 0. The average Bonchev–Trinajstić information content (AvgIpc) is 2.66. The van der Waals surface area contributed by atoms with Crippen molar-refractivity contribution in [2.75, 3.05) is 5.73 Å². The van der Waals surface area contributed by atoms with Gasteiger partial charge >= 0.3 is 0 Å². The molecule has 0 unspecified atom stereocenters. The van der Waals surface area contributed by atoms with E-state index in [1.54, 1.807) is 0 Å². The number of nitrogens with two attached hydrogens (primary N) is 1. The van der Waals surface area contributed by atoms with Crippen LogP contribution in [-0.2, 0) is 0 Å². The Bertz CT molecular complexity index is 859. The van der Waals surface area contributed by atoms with Gasteiger partial charge in [0.2, 0.25) is 0 Å². The maximum absolute atomic E-state index is 6.12. The molecule has 0 aliphatic heterocycles. The van der Waals surface area contributed by atoms with E-state index in [0.717, 1.165) is 28.0 Å². The highest BCUT2D eigenvalue weighted by atomic mass is 15.1. The molecule has 21 heavy (non-hydrogen) atoms. The van der Waals surface area contributed by atoms with Crippen molar-refractivity contribution >= 4 is 16.9 Å². The van der Waals surface area contributed by atoms with Crippen LogP contribution in [0, 0.1) is 34.6 Å². The van der Waals surface area contributed by atoms with Crippen molar-refractivity contribution in [3.8, 4) is 5.69 Å². The first-order valence-electron chi connectivity index (χ1n) is 7.10. The molecule has 108 valence electrons. The third kappa shape index (κ3) is 1.90. The van der Waals surface area contributed by atoms with Crippen LogP contribution in [0.3, 0.4) is 0 Å².